The second kappa shape index (κ2) is 6.43. The number of hydrogen-bond donors (Lipinski definition) is 1. The van der Waals surface area contributed by atoms with E-state index in [1.54, 1.807) is 24.5 Å². The molecule has 5 nitrogen and oxygen atoms in total. The molecule has 0 fully saturated rings. The van der Waals surface area contributed by atoms with Gasteiger partial charge >= 0.3 is 5.97 Å². The monoisotopic (exact) mass is 360 g/mol. The number of aromatic nitrogens is 1. The van der Waals surface area contributed by atoms with Crippen molar-refractivity contribution in [3.8, 4) is 11.3 Å². The van der Waals surface area contributed by atoms with Gasteiger partial charge in [-0.05, 0) is 62.4 Å². The molecular formula is C22H20N2O3. The van der Waals surface area contributed by atoms with Crippen LogP contribution in [-0.4, -0.2) is 29.1 Å². The number of nitrogens with zero attached hydrogens (tertiary/aromatic N) is 2. The van der Waals surface area contributed by atoms with Gasteiger partial charge in [-0.1, -0.05) is 0 Å². The summed E-state index contributed by atoms with van der Waals surface area (Å²) in [5.74, 6) is -0.940. The number of carbonyl (C=O) groups is 1. The molecule has 27 heavy (non-hydrogen) atoms. The molecule has 0 radical (unpaired) electrons. The molecule has 0 amide bonds. The minimum absolute atomic E-state index is 0.259. The molecule has 0 unspecified atom stereocenters. The van der Waals surface area contributed by atoms with Gasteiger partial charge in [-0.25, -0.2) is 9.78 Å². The van der Waals surface area contributed by atoms with Gasteiger partial charge in [-0.15, -0.1) is 0 Å². The number of fused-ring (bicyclic) bond motifs is 2. The molecular weight excluding hydrogens is 340 g/mol. The summed E-state index contributed by atoms with van der Waals surface area (Å²) in [4.78, 5) is 18.3. The Balaban J connectivity index is 1.97. The molecule has 136 valence electrons. The fourth-order valence-corrected chi connectivity index (χ4v) is 3.17. The van der Waals surface area contributed by atoms with Gasteiger partial charge in [0.15, 0.2) is 0 Å². The van der Waals surface area contributed by atoms with E-state index in [-0.39, 0.29) is 11.6 Å². The van der Waals surface area contributed by atoms with Crippen molar-refractivity contribution < 1.29 is 14.3 Å². The molecule has 2 aromatic carbocycles. The number of benzene rings is 2. The van der Waals surface area contributed by atoms with Crippen molar-refractivity contribution in [1.82, 2.24) is 4.98 Å². The molecule has 0 aliphatic carbocycles. The minimum Gasteiger partial charge on any atom is -0.478 e. The molecule has 0 atom stereocenters. The lowest BCUT2D eigenvalue weighted by atomic mass is 10.0. The van der Waals surface area contributed by atoms with E-state index in [1.807, 2.05) is 31.3 Å². The fourth-order valence-electron chi connectivity index (χ4n) is 3.17. The van der Waals surface area contributed by atoms with Crippen molar-refractivity contribution in [3.05, 3.63) is 60.4 Å². The average Bonchev–Trinajstić information content (AvgIpc) is 3.13. The highest BCUT2D eigenvalue weighted by Gasteiger charge is 2.16. The van der Waals surface area contributed by atoms with E-state index in [2.05, 4.69) is 24.8 Å². The molecule has 0 aliphatic rings. The third-order valence-electron chi connectivity index (χ3n) is 4.92. The van der Waals surface area contributed by atoms with Crippen molar-refractivity contribution in [2.45, 2.75) is 19.9 Å². The number of rotatable bonds is 4. The molecule has 2 heterocycles. The molecule has 4 rings (SSSR count). The van der Waals surface area contributed by atoms with Gasteiger partial charge in [0.05, 0.1) is 28.7 Å². The summed E-state index contributed by atoms with van der Waals surface area (Å²) in [7, 11) is 2.02. The zero-order valence-electron chi connectivity index (χ0n) is 15.4. The summed E-state index contributed by atoms with van der Waals surface area (Å²) in [5, 5.41) is 11.1. The topological polar surface area (TPSA) is 66.6 Å². The highest BCUT2D eigenvalue weighted by Crippen LogP contribution is 2.34. The number of anilines is 1. The Kier molecular flexibility index (Phi) is 4.07. The minimum atomic E-state index is -0.940. The second-order valence-corrected chi connectivity index (χ2v) is 6.95. The maximum Gasteiger partial charge on any atom is 0.335 e. The Labute approximate surface area is 156 Å². The lowest BCUT2D eigenvalue weighted by Gasteiger charge is -2.26. The molecule has 0 saturated carbocycles. The molecule has 0 spiro atoms. The highest BCUT2D eigenvalue weighted by atomic mass is 16.4. The van der Waals surface area contributed by atoms with Crippen molar-refractivity contribution in [2.24, 2.45) is 0 Å². The Morgan fingerprint density at radius 3 is 2.63 bits per heavy atom. The van der Waals surface area contributed by atoms with E-state index in [9.17, 15) is 9.90 Å². The van der Waals surface area contributed by atoms with Crippen molar-refractivity contribution in [2.75, 3.05) is 11.9 Å². The normalized spacial score (nSPS) is 11.4. The van der Waals surface area contributed by atoms with E-state index < -0.39 is 5.97 Å². The summed E-state index contributed by atoms with van der Waals surface area (Å²) >= 11 is 0. The number of carboxylic acids is 1. The van der Waals surface area contributed by atoms with Crippen LogP contribution in [0.5, 0.6) is 0 Å². The lowest BCUT2D eigenvalue weighted by molar-refractivity contribution is 0.0697. The van der Waals surface area contributed by atoms with Crippen LogP contribution in [0, 0.1) is 0 Å². The standard InChI is InChI=1S/C22H20N2O3/c1-13(2)24(3)19-12-17-11-16(22(25)26)4-6-18(17)23-21(19)15-5-7-20-14(10-15)8-9-27-20/h4-13H,1-3H3,(H,25,26). The molecule has 0 aliphatic heterocycles. The maximum atomic E-state index is 11.3. The smallest absolute Gasteiger partial charge is 0.335 e. The maximum absolute atomic E-state index is 11.3. The predicted octanol–water partition coefficient (Wildman–Crippen LogP) is 5.19. The van der Waals surface area contributed by atoms with Crippen LogP contribution >= 0.6 is 0 Å². The first kappa shape index (κ1) is 17.1. The Morgan fingerprint density at radius 1 is 1.07 bits per heavy atom. The van der Waals surface area contributed by atoms with E-state index >= 15 is 0 Å². The van der Waals surface area contributed by atoms with Gasteiger partial charge in [0.1, 0.15) is 5.58 Å². The molecule has 5 heteroatoms. The summed E-state index contributed by atoms with van der Waals surface area (Å²) in [6.45, 7) is 4.22. The number of carboxylic acid groups (broad SMARTS) is 1. The number of pyridine rings is 1. The molecule has 0 bridgehead atoms. The van der Waals surface area contributed by atoms with Gasteiger partial charge in [0.25, 0.3) is 0 Å². The Hall–Kier alpha value is -3.34. The van der Waals surface area contributed by atoms with Gasteiger partial charge in [0, 0.05) is 29.4 Å². The number of furan rings is 1. The SMILES string of the molecule is CC(C)N(C)c1cc2cc(C(=O)O)ccc2nc1-c1ccc2occc2c1. The van der Waals surface area contributed by atoms with Crippen molar-refractivity contribution in [3.63, 3.8) is 0 Å². The van der Waals surface area contributed by atoms with Crippen molar-refractivity contribution in [1.29, 1.82) is 0 Å². The molecule has 0 saturated heterocycles. The van der Waals surface area contributed by atoms with Crippen LogP contribution in [0.1, 0.15) is 24.2 Å². The van der Waals surface area contributed by atoms with Crippen LogP contribution in [0.2, 0.25) is 0 Å². The zero-order valence-corrected chi connectivity index (χ0v) is 15.4. The first-order valence-corrected chi connectivity index (χ1v) is 8.82. The van der Waals surface area contributed by atoms with Crippen molar-refractivity contribution >= 4 is 33.5 Å². The Bertz CT molecular complexity index is 1160. The van der Waals surface area contributed by atoms with Crippen LogP contribution in [0.25, 0.3) is 33.1 Å². The lowest BCUT2D eigenvalue weighted by Crippen LogP contribution is -2.26. The summed E-state index contributed by atoms with van der Waals surface area (Å²) < 4.78 is 5.44. The number of aromatic carboxylic acids is 1. The fraction of sp³-hybridized carbons (Fsp3) is 0.182. The first-order valence-electron chi connectivity index (χ1n) is 8.82. The van der Waals surface area contributed by atoms with E-state index in [4.69, 9.17) is 9.40 Å². The summed E-state index contributed by atoms with van der Waals surface area (Å²) in [6, 6.07) is 15.3. The van der Waals surface area contributed by atoms with Crippen LogP contribution in [0.15, 0.2) is 59.2 Å². The first-order chi connectivity index (χ1) is 12.9. The van der Waals surface area contributed by atoms with Gasteiger partial charge < -0.3 is 14.4 Å². The van der Waals surface area contributed by atoms with Gasteiger partial charge in [-0.2, -0.15) is 0 Å². The summed E-state index contributed by atoms with van der Waals surface area (Å²) in [5.41, 5.74) is 4.69. The largest absolute Gasteiger partial charge is 0.478 e. The third-order valence-corrected chi connectivity index (χ3v) is 4.92. The van der Waals surface area contributed by atoms with Crippen LogP contribution < -0.4 is 4.90 Å². The zero-order chi connectivity index (χ0) is 19.1. The third kappa shape index (κ3) is 3.01. The van der Waals surface area contributed by atoms with Gasteiger partial charge in [0.2, 0.25) is 0 Å². The van der Waals surface area contributed by atoms with Crippen LogP contribution in [0.3, 0.4) is 0 Å². The highest BCUT2D eigenvalue weighted by molar-refractivity contribution is 5.96. The van der Waals surface area contributed by atoms with Crippen LogP contribution in [0.4, 0.5) is 5.69 Å². The van der Waals surface area contributed by atoms with Crippen LogP contribution in [-0.2, 0) is 0 Å². The molecule has 1 N–H and O–H groups in total. The average molecular weight is 360 g/mol. The number of hydrogen-bond acceptors (Lipinski definition) is 4. The predicted molar refractivity (Wildman–Crippen MR) is 107 cm³/mol. The summed E-state index contributed by atoms with van der Waals surface area (Å²) in [6.07, 6.45) is 1.68. The van der Waals surface area contributed by atoms with E-state index in [0.717, 1.165) is 38.8 Å². The van der Waals surface area contributed by atoms with Gasteiger partial charge in [-0.3, -0.25) is 0 Å². The molecule has 4 aromatic rings. The Morgan fingerprint density at radius 2 is 1.89 bits per heavy atom. The quantitative estimate of drug-likeness (QED) is 0.542. The second-order valence-electron chi connectivity index (χ2n) is 6.95. The van der Waals surface area contributed by atoms with E-state index in [0.29, 0.717) is 0 Å². The van der Waals surface area contributed by atoms with E-state index in [1.165, 1.54) is 0 Å². The molecule has 2 aromatic heterocycles.